The first-order chi connectivity index (χ1) is 14.5. The molecule has 1 unspecified atom stereocenters. The summed E-state index contributed by atoms with van der Waals surface area (Å²) in [5.41, 5.74) is 3.19. The number of rotatable bonds is 8. The fraction of sp³-hybridized carbons (Fsp3) is 0.480. The van der Waals surface area contributed by atoms with Crippen LogP contribution in [0.2, 0.25) is 0 Å². The van der Waals surface area contributed by atoms with Crippen molar-refractivity contribution in [3.05, 3.63) is 53.1 Å². The molecule has 0 bridgehead atoms. The fourth-order valence-corrected chi connectivity index (χ4v) is 5.75. The SMILES string of the molecule is COC(C)OCOc1cc2c(cc1[Se]c1ccc(C(=O)O)cc1)C(C)(C)CCC2(C)C. The first-order valence-electron chi connectivity index (χ1n) is 10.5. The van der Waals surface area contributed by atoms with E-state index >= 15 is 0 Å². The van der Waals surface area contributed by atoms with Gasteiger partial charge >= 0.3 is 191 Å². The van der Waals surface area contributed by atoms with Crippen molar-refractivity contribution in [1.29, 1.82) is 0 Å². The van der Waals surface area contributed by atoms with Crippen molar-refractivity contribution < 1.29 is 24.1 Å². The van der Waals surface area contributed by atoms with Crippen LogP contribution in [0.4, 0.5) is 0 Å². The van der Waals surface area contributed by atoms with Crippen LogP contribution in [-0.4, -0.2) is 46.2 Å². The van der Waals surface area contributed by atoms with Crippen molar-refractivity contribution in [3.8, 4) is 5.75 Å². The molecule has 31 heavy (non-hydrogen) atoms. The quantitative estimate of drug-likeness (QED) is 0.450. The third kappa shape index (κ3) is 5.50. The van der Waals surface area contributed by atoms with Gasteiger partial charge in [0.05, 0.1) is 0 Å². The van der Waals surface area contributed by atoms with E-state index in [2.05, 4.69) is 39.8 Å². The number of fused-ring (bicyclic) bond motifs is 1. The molecule has 2 aromatic rings. The molecule has 168 valence electrons. The standard InChI is InChI=1S/C25H32O5Se/c1-16(28-6)29-15-30-21-13-19-20(25(4,5)12-11-24(19,2)3)14-22(21)31-18-9-7-17(8-10-18)23(26)27/h7-10,13-14,16H,11-12,15H2,1-6H3,(H,26,27). The number of carboxylic acids is 1. The summed E-state index contributed by atoms with van der Waals surface area (Å²) in [6, 6.07) is 11.6. The molecule has 0 radical (unpaired) electrons. The maximum absolute atomic E-state index is 11.2. The molecule has 0 aliphatic heterocycles. The number of carboxylic acid groups (broad SMARTS) is 1. The molecule has 0 aromatic heterocycles. The van der Waals surface area contributed by atoms with Gasteiger partial charge in [-0.05, 0) is 0 Å². The number of carbonyl (C=O) groups is 1. The van der Waals surface area contributed by atoms with Crippen LogP contribution in [0.3, 0.4) is 0 Å². The molecule has 0 heterocycles. The minimum atomic E-state index is -0.912. The molecule has 1 aliphatic rings. The van der Waals surface area contributed by atoms with E-state index in [0.29, 0.717) is 5.56 Å². The van der Waals surface area contributed by atoms with Crippen molar-refractivity contribution in [2.45, 2.75) is 64.6 Å². The Morgan fingerprint density at radius 2 is 1.65 bits per heavy atom. The summed E-state index contributed by atoms with van der Waals surface area (Å²) in [5, 5.41) is 9.17. The first-order valence-corrected chi connectivity index (χ1v) is 12.2. The molecular weight excluding hydrogens is 459 g/mol. The Morgan fingerprint density at radius 3 is 2.19 bits per heavy atom. The number of ether oxygens (including phenoxy) is 3. The van der Waals surface area contributed by atoms with Crippen molar-refractivity contribution >= 4 is 29.8 Å². The molecule has 5 nitrogen and oxygen atoms in total. The predicted molar refractivity (Wildman–Crippen MR) is 123 cm³/mol. The third-order valence-electron chi connectivity index (χ3n) is 6.10. The van der Waals surface area contributed by atoms with Gasteiger partial charge in [-0.25, -0.2) is 0 Å². The van der Waals surface area contributed by atoms with Crippen LogP contribution in [-0.2, 0) is 20.3 Å². The van der Waals surface area contributed by atoms with Gasteiger partial charge in [0.15, 0.2) is 0 Å². The average Bonchev–Trinajstić information content (AvgIpc) is 2.72. The summed E-state index contributed by atoms with van der Waals surface area (Å²) in [7, 11) is 1.60. The van der Waals surface area contributed by atoms with Crippen LogP contribution in [0.5, 0.6) is 5.75 Å². The van der Waals surface area contributed by atoms with Crippen LogP contribution >= 0.6 is 0 Å². The van der Waals surface area contributed by atoms with E-state index < -0.39 is 5.97 Å². The second-order valence-electron chi connectivity index (χ2n) is 9.28. The molecule has 0 amide bonds. The second-order valence-corrected chi connectivity index (χ2v) is 11.6. The summed E-state index contributed by atoms with van der Waals surface area (Å²) in [5.74, 6) is -0.0830. The van der Waals surface area contributed by atoms with Crippen molar-refractivity contribution in [2.24, 2.45) is 0 Å². The molecular formula is C25H32O5Se. The molecule has 1 N–H and O–H groups in total. The second kappa shape index (κ2) is 9.33. The van der Waals surface area contributed by atoms with Crippen LogP contribution in [0, 0.1) is 0 Å². The maximum atomic E-state index is 11.2. The monoisotopic (exact) mass is 492 g/mol. The van der Waals surface area contributed by atoms with E-state index in [1.165, 1.54) is 11.1 Å². The number of methoxy groups -OCH3 is 1. The van der Waals surface area contributed by atoms with Crippen LogP contribution in [0.15, 0.2) is 36.4 Å². The van der Waals surface area contributed by atoms with Gasteiger partial charge in [0, 0.05) is 0 Å². The molecule has 0 fully saturated rings. The number of aromatic carboxylic acids is 1. The van der Waals surface area contributed by atoms with Gasteiger partial charge in [-0.1, -0.05) is 0 Å². The number of hydrogen-bond acceptors (Lipinski definition) is 4. The van der Waals surface area contributed by atoms with E-state index in [9.17, 15) is 9.90 Å². The zero-order valence-corrected chi connectivity index (χ0v) is 20.9. The van der Waals surface area contributed by atoms with E-state index in [1.807, 2.05) is 19.1 Å². The van der Waals surface area contributed by atoms with E-state index in [0.717, 1.165) is 27.5 Å². The Balaban J connectivity index is 1.99. The molecule has 2 aromatic carbocycles. The molecule has 0 saturated carbocycles. The summed E-state index contributed by atoms with van der Waals surface area (Å²) in [4.78, 5) is 11.2. The van der Waals surface area contributed by atoms with Gasteiger partial charge in [-0.3, -0.25) is 0 Å². The zero-order chi connectivity index (χ0) is 22.8. The van der Waals surface area contributed by atoms with Gasteiger partial charge in [0.25, 0.3) is 0 Å². The fourth-order valence-electron chi connectivity index (χ4n) is 3.82. The average molecular weight is 491 g/mol. The van der Waals surface area contributed by atoms with Gasteiger partial charge in [0.1, 0.15) is 0 Å². The van der Waals surface area contributed by atoms with Crippen molar-refractivity contribution in [2.75, 3.05) is 13.9 Å². The molecule has 0 spiro atoms. The molecule has 1 aliphatic carbocycles. The van der Waals surface area contributed by atoms with Gasteiger partial charge in [0.2, 0.25) is 0 Å². The summed E-state index contributed by atoms with van der Waals surface area (Å²) in [6.45, 7) is 11.1. The summed E-state index contributed by atoms with van der Waals surface area (Å²) < 4.78 is 19.0. The predicted octanol–water partition coefficient (Wildman–Crippen LogP) is 3.73. The van der Waals surface area contributed by atoms with E-state index in [1.54, 1.807) is 19.2 Å². The topological polar surface area (TPSA) is 65.0 Å². The third-order valence-corrected chi connectivity index (χ3v) is 8.29. The Kier molecular flexibility index (Phi) is 7.17. The Hall–Kier alpha value is -1.85. The zero-order valence-electron chi connectivity index (χ0n) is 19.2. The van der Waals surface area contributed by atoms with Crippen LogP contribution in [0.25, 0.3) is 0 Å². The number of hydrogen-bond donors (Lipinski definition) is 1. The first kappa shape index (κ1) is 23.8. The summed E-state index contributed by atoms with van der Waals surface area (Å²) in [6.07, 6.45) is 1.93. The van der Waals surface area contributed by atoms with E-state index in [4.69, 9.17) is 14.2 Å². The van der Waals surface area contributed by atoms with Crippen LogP contribution < -0.4 is 13.7 Å². The molecule has 1 atom stereocenters. The van der Waals surface area contributed by atoms with Crippen molar-refractivity contribution in [3.63, 3.8) is 0 Å². The van der Waals surface area contributed by atoms with Gasteiger partial charge < -0.3 is 0 Å². The van der Waals surface area contributed by atoms with Crippen LogP contribution in [0.1, 0.15) is 68.9 Å². The molecule has 3 rings (SSSR count). The Bertz CT molecular complexity index is 934. The Labute approximate surface area is 191 Å². The van der Waals surface area contributed by atoms with Gasteiger partial charge in [-0.2, -0.15) is 0 Å². The molecule has 6 heteroatoms. The minimum absolute atomic E-state index is 0.0358. The van der Waals surface area contributed by atoms with E-state index in [-0.39, 0.29) is 38.9 Å². The summed E-state index contributed by atoms with van der Waals surface area (Å²) >= 11 is -0.0358. The number of benzene rings is 2. The Morgan fingerprint density at radius 1 is 1.06 bits per heavy atom. The van der Waals surface area contributed by atoms with Crippen molar-refractivity contribution in [1.82, 2.24) is 0 Å². The molecule has 0 saturated heterocycles. The normalized spacial score (nSPS) is 17.6. The van der Waals surface area contributed by atoms with Gasteiger partial charge in [-0.15, -0.1) is 0 Å².